The van der Waals surface area contributed by atoms with Gasteiger partial charge in [0.05, 0.1) is 6.10 Å². The number of hydrogen-bond donors (Lipinski definition) is 2. The molecule has 2 aliphatic rings. The molecule has 0 radical (unpaired) electrons. The normalized spacial score (nSPS) is 19.4. The summed E-state index contributed by atoms with van der Waals surface area (Å²) >= 11 is 1.64. The molecule has 7 nitrogen and oxygen atoms in total. The number of thiophene rings is 1. The van der Waals surface area contributed by atoms with Crippen LogP contribution in [-0.4, -0.2) is 41.7 Å². The number of carbonyl (C=O) groups is 2. The monoisotopic (exact) mass is 485 g/mol. The van der Waals surface area contributed by atoms with Gasteiger partial charge in [-0.1, -0.05) is 38.2 Å². The average molecular weight is 486 g/mol. The fourth-order valence-electron chi connectivity index (χ4n) is 4.80. The summed E-state index contributed by atoms with van der Waals surface area (Å²) in [5.41, 5.74) is -0.471. The highest BCUT2D eigenvalue weighted by molar-refractivity contribution is 7.09. The van der Waals surface area contributed by atoms with Crippen molar-refractivity contribution in [1.82, 2.24) is 15.2 Å². The topological polar surface area (TPSA) is 89.4 Å². The van der Waals surface area contributed by atoms with Gasteiger partial charge >= 0.3 is 0 Å². The first-order chi connectivity index (χ1) is 16.6. The van der Waals surface area contributed by atoms with Crippen molar-refractivity contribution in [3.05, 3.63) is 56.1 Å². The zero-order valence-electron chi connectivity index (χ0n) is 19.7. The van der Waals surface area contributed by atoms with Gasteiger partial charge in [0.1, 0.15) is 11.1 Å². The van der Waals surface area contributed by atoms with E-state index >= 15 is 0 Å². The standard InChI is InChI=1S/C26H35N3O4S/c30-24-22(25(31)27-13-12-21-11-7-15-34-21)17-29(16-20-10-6-14-33-20)18-23(24)26(32)28-19-8-4-2-1-3-5-9-19/h7,11,15,17-20H,1-6,8-10,12-14,16H2,(H,27,31)(H,28,32)/t20-/m0/s1. The van der Waals surface area contributed by atoms with Crippen molar-refractivity contribution < 1.29 is 14.3 Å². The third-order valence-corrected chi connectivity index (χ3v) is 7.62. The van der Waals surface area contributed by atoms with Gasteiger partial charge in [0.15, 0.2) is 0 Å². The highest BCUT2D eigenvalue weighted by Gasteiger charge is 2.23. The summed E-state index contributed by atoms with van der Waals surface area (Å²) in [4.78, 5) is 40.5. The first-order valence-corrected chi connectivity index (χ1v) is 13.5. The molecule has 2 aromatic rings. The van der Waals surface area contributed by atoms with E-state index in [0.717, 1.165) is 45.1 Å². The van der Waals surface area contributed by atoms with Crippen LogP contribution in [0, 0.1) is 0 Å². The van der Waals surface area contributed by atoms with Crippen LogP contribution >= 0.6 is 11.3 Å². The molecular weight excluding hydrogens is 450 g/mol. The summed E-state index contributed by atoms with van der Waals surface area (Å²) in [5, 5.41) is 7.93. The third kappa shape index (κ3) is 6.79. The maximum atomic E-state index is 13.2. The van der Waals surface area contributed by atoms with Crippen LogP contribution in [0.25, 0.3) is 0 Å². The predicted molar refractivity (Wildman–Crippen MR) is 134 cm³/mol. The maximum Gasteiger partial charge on any atom is 0.256 e. The Balaban J connectivity index is 1.51. The number of hydrogen-bond acceptors (Lipinski definition) is 5. The van der Waals surface area contributed by atoms with Crippen LogP contribution in [0.4, 0.5) is 0 Å². The van der Waals surface area contributed by atoms with E-state index in [4.69, 9.17) is 4.74 Å². The summed E-state index contributed by atoms with van der Waals surface area (Å²) < 4.78 is 7.52. The molecule has 2 amide bonds. The largest absolute Gasteiger partial charge is 0.376 e. The van der Waals surface area contributed by atoms with E-state index in [0.29, 0.717) is 19.5 Å². The SMILES string of the molecule is O=C(NCCc1cccs1)c1cn(C[C@@H]2CCCO2)cc(C(=O)NC2CCCCCCC2)c1=O. The summed E-state index contributed by atoms with van der Waals surface area (Å²) in [6.45, 7) is 1.67. The summed E-state index contributed by atoms with van der Waals surface area (Å²) in [6, 6.07) is 4.07. The molecule has 1 atom stereocenters. The van der Waals surface area contributed by atoms with Gasteiger partial charge in [-0.2, -0.15) is 0 Å². The second-order valence-electron chi connectivity index (χ2n) is 9.35. The van der Waals surface area contributed by atoms with Crippen molar-refractivity contribution in [2.45, 2.75) is 82.9 Å². The van der Waals surface area contributed by atoms with E-state index in [1.54, 1.807) is 28.3 Å². The van der Waals surface area contributed by atoms with Gasteiger partial charge in [-0.15, -0.1) is 11.3 Å². The van der Waals surface area contributed by atoms with Crippen molar-refractivity contribution in [3.63, 3.8) is 0 Å². The molecule has 0 spiro atoms. The number of nitrogens with one attached hydrogen (secondary N) is 2. The highest BCUT2D eigenvalue weighted by Crippen LogP contribution is 2.18. The molecule has 2 fully saturated rings. The second-order valence-corrected chi connectivity index (χ2v) is 10.4. The smallest absolute Gasteiger partial charge is 0.256 e. The van der Waals surface area contributed by atoms with E-state index in [9.17, 15) is 14.4 Å². The molecule has 1 saturated heterocycles. The Labute approximate surface area is 204 Å². The van der Waals surface area contributed by atoms with Gasteiger partial charge in [-0.25, -0.2) is 0 Å². The zero-order chi connectivity index (χ0) is 23.8. The summed E-state index contributed by atoms with van der Waals surface area (Å²) in [5.74, 6) is -0.826. The number of amides is 2. The first kappa shape index (κ1) is 24.7. The molecule has 0 unspecified atom stereocenters. The van der Waals surface area contributed by atoms with Gasteiger partial charge in [-0.05, 0) is 43.6 Å². The minimum absolute atomic E-state index is 0.00879. The number of carbonyl (C=O) groups excluding carboxylic acids is 2. The van der Waals surface area contributed by atoms with Crippen LogP contribution in [0.5, 0.6) is 0 Å². The predicted octanol–water partition coefficient (Wildman–Crippen LogP) is 3.90. The molecule has 34 heavy (non-hydrogen) atoms. The van der Waals surface area contributed by atoms with Gasteiger partial charge in [0, 0.05) is 43.0 Å². The van der Waals surface area contributed by atoms with E-state index in [1.165, 1.54) is 24.1 Å². The third-order valence-electron chi connectivity index (χ3n) is 6.68. The summed E-state index contributed by atoms with van der Waals surface area (Å²) in [6.07, 6.45) is 13.4. The van der Waals surface area contributed by atoms with Gasteiger partial charge in [0.2, 0.25) is 5.43 Å². The molecule has 3 heterocycles. The van der Waals surface area contributed by atoms with Crippen LogP contribution < -0.4 is 16.1 Å². The molecule has 1 saturated carbocycles. The zero-order valence-corrected chi connectivity index (χ0v) is 20.5. The van der Waals surface area contributed by atoms with Crippen molar-refractivity contribution in [3.8, 4) is 0 Å². The lowest BCUT2D eigenvalue weighted by molar-refractivity contribution is 0.0914. The molecule has 184 valence electrons. The molecule has 0 bridgehead atoms. The average Bonchev–Trinajstić information content (AvgIpc) is 3.51. The minimum atomic E-state index is -0.513. The number of ether oxygens (including phenoxy) is 1. The Morgan fingerprint density at radius 3 is 2.41 bits per heavy atom. The van der Waals surface area contributed by atoms with Crippen LogP contribution in [-0.2, 0) is 17.7 Å². The maximum absolute atomic E-state index is 13.2. The van der Waals surface area contributed by atoms with Crippen LogP contribution in [0.15, 0.2) is 34.7 Å². The Morgan fingerprint density at radius 2 is 1.74 bits per heavy atom. The van der Waals surface area contributed by atoms with Crippen molar-refractivity contribution in [1.29, 1.82) is 0 Å². The molecule has 8 heteroatoms. The molecule has 2 aromatic heterocycles. The molecular formula is C26H35N3O4S. The summed E-state index contributed by atoms with van der Waals surface area (Å²) in [7, 11) is 0. The molecule has 0 aromatic carbocycles. The molecule has 4 rings (SSSR count). The van der Waals surface area contributed by atoms with Crippen molar-refractivity contribution >= 4 is 23.2 Å². The lowest BCUT2D eigenvalue weighted by Crippen LogP contribution is -2.40. The van der Waals surface area contributed by atoms with Crippen LogP contribution in [0.3, 0.4) is 0 Å². The lowest BCUT2D eigenvalue weighted by Gasteiger charge is -2.21. The van der Waals surface area contributed by atoms with Crippen LogP contribution in [0.1, 0.15) is 83.4 Å². The molecule has 1 aliphatic heterocycles. The second kappa shape index (κ2) is 12.3. The van der Waals surface area contributed by atoms with E-state index < -0.39 is 11.3 Å². The number of aromatic nitrogens is 1. The number of rotatable bonds is 8. The fraction of sp³-hybridized carbons (Fsp3) is 0.577. The van der Waals surface area contributed by atoms with E-state index in [-0.39, 0.29) is 29.2 Å². The van der Waals surface area contributed by atoms with Gasteiger partial charge in [-0.3, -0.25) is 14.4 Å². The molecule has 1 aliphatic carbocycles. The Kier molecular flexibility index (Phi) is 8.93. The van der Waals surface area contributed by atoms with Crippen LogP contribution in [0.2, 0.25) is 0 Å². The van der Waals surface area contributed by atoms with Gasteiger partial charge in [0.25, 0.3) is 11.8 Å². The minimum Gasteiger partial charge on any atom is -0.376 e. The number of nitrogens with zero attached hydrogens (tertiary/aromatic N) is 1. The van der Waals surface area contributed by atoms with Crippen molar-refractivity contribution in [2.75, 3.05) is 13.2 Å². The molecule has 2 N–H and O–H groups in total. The Bertz CT molecular complexity index is 1000. The first-order valence-electron chi connectivity index (χ1n) is 12.6. The van der Waals surface area contributed by atoms with E-state index in [2.05, 4.69) is 10.6 Å². The van der Waals surface area contributed by atoms with E-state index in [1.807, 2.05) is 17.5 Å². The van der Waals surface area contributed by atoms with Crippen molar-refractivity contribution in [2.24, 2.45) is 0 Å². The highest BCUT2D eigenvalue weighted by atomic mass is 32.1. The Morgan fingerprint density at radius 1 is 1.00 bits per heavy atom. The Hall–Kier alpha value is -2.45. The quantitative estimate of drug-likeness (QED) is 0.593. The fourth-order valence-corrected chi connectivity index (χ4v) is 5.51. The van der Waals surface area contributed by atoms with Gasteiger partial charge < -0.3 is 19.9 Å². The lowest BCUT2D eigenvalue weighted by atomic mass is 9.96. The number of pyridine rings is 1.